The molecular formula is C17H27N3OS2. The lowest BCUT2D eigenvalue weighted by Crippen LogP contribution is -2.52. The molecule has 0 aliphatic carbocycles. The van der Waals surface area contributed by atoms with Crippen molar-refractivity contribution in [2.45, 2.75) is 38.3 Å². The van der Waals surface area contributed by atoms with E-state index in [0.717, 1.165) is 32.4 Å². The van der Waals surface area contributed by atoms with E-state index in [2.05, 4.69) is 46.4 Å². The number of hydrogen-bond acceptors (Lipinski definition) is 4. The topological polar surface area (TPSA) is 35.6 Å². The fourth-order valence-electron chi connectivity index (χ4n) is 3.46. The van der Waals surface area contributed by atoms with Gasteiger partial charge in [-0.2, -0.15) is 11.8 Å². The third-order valence-electron chi connectivity index (χ3n) is 4.77. The van der Waals surface area contributed by atoms with Gasteiger partial charge in [0, 0.05) is 61.1 Å². The summed E-state index contributed by atoms with van der Waals surface area (Å²) in [6.07, 6.45) is 3.17. The number of thiophene rings is 1. The first kappa shape index (κ1) is 17.1. The van der Waals surface area contributed by atoms with Gasteiger partial charge in [0.1, 0.15) is 0 Å². The van der Waals surface area contributed by atoms with Crippen LogP contribution in [0.2, 0.25) is 0 Å². The number of nitrogens with one attached hydrogen (secondary N) is 1. The molecule has 2 saturated heterocycles. The molecule has 2 aliphatic rings. The Balaban J connectivity index is 1.40. The molecule has 1 aromatic heterocycles. The molecule has 0 radical (unpaired) electrons. The Bertz CT molecular complexity index is 480. The van der Waals surface area contributed by atoms with Gasteiger partial charge in [-0.05, 0) is 31.2 Å². The molecule has 1 N–H and O–H groups in total. The van der Waals surface area contributed by atoms with E-state index in [4.69, 9.17) is 0 Å². The van der Waals surface area contributed by atoms with E-state index in [1.165, 1.54) is 29.5 Å². The number of likely N-dealkylation sites (tertiary alicyclic amines) is 1. The van der Waals surface area contributed by atoms with Gasteiger partial charge in [0.15, 0.2) is 0 Å². The van der Waals surface area contributed by atoms with Crippen LogP contribution in [0.5, 0.6) is 0 Å². The van der Waals surface area contributed by atoms with E-state index in [1.807, 2.05) is 4.90 Å². The molecule has 128 valence electrons. The molecular weight excluding hydrogens is 326 g/mol. The largest absolute Gasteiger partial charge is 0.335 e. The van der Waals surface area contributed by atoms with Crippen molar-refractivity contribution in [3.8, 4) is 0 Å². The molecule has 0 saturated carbocycles. The van der Waals surface area contributed by atoms with Gasteiger partial charge in [-0.3, -0.25) is 4.90 Å². The number of amides is 2. The molecule has 2 amide bonds. The maximum absolute atomic E-state index is 12.4. The highest BCUT2D eigenvalue weighted by atomic mass is 32.2. The minimum Gasteiger partial charge on any atom is -0.335 e. The zero-order valence-corrected chi connectivity index (χ0v) is 15.5. The maximum Gasteiger partial charge on any atom is 0.317 e. The number of hydrogen-bond donors (Lipinski definition) is 1. The Kier molecular flexibility index (Phi) is 6.25. The summed E-state index contributed by atoms with van der Waals surface area (Å²) < 4.78 is 0. The summed E-state index contributed by atoms with van der Waals surface area (Å²) in [4.78, 5) is 18.4. The molecule has 0 aromatic carbocycles. The summed E-state index contributed by atoms with van der Waals surface area (Å²) in [6.45, 7) is 6.33. The van der Waals surface area contributed by atoms with Crippen LogP contribution >= 0.6 is 23.1 Å². The number of rotatable bonds is 4. The minimum absolute atomic E-state index is 0.113. The highest BCUT2D eigenvalue weighted by molar-refractivity contribution is 7.99. The lowest BCUT2D eigenvalue weighted by atomic mass is 10.0. The number of carbonyl (C=O) groups is 1. The predicted molar refractivity (Wildman–Crippen MR) is 99.5 cm³/mol. The van der Waals surface area contributed by atoms with E-state index < -0.39 is 0 Å². The minimum atomic E-state index is 0.113. The Morgan fingerprint density at radius 1 is 1.30 bits per heavy atom. The summed E-state index contributed by atoms with van der Waals surface area (Å²) in [6, 6.07) is 5.19. The van der Waals surface area contributed by atoms with Gasteiger partial charge < -0.3 is 10.2 Å². The lowest BCUT2D eigenvalue weighted by molar-refractivity contribution is 0.123. The number of carbonyl (C=O) groups excluding carboxylic acids is 1. The molecule has 1 atom stereocenters. The predicted octanol–water partition coefficient (Wildman–Crippen LogP) is 2.90. The number of piperidine rings is 1. The molecule has 3 rings (SSSR count). The van der Waals surface area contributed by atoms with Crippen molar-refractivity contribution in [3.63, 3.8) is 0 Å². The fraction of sp³-hybridized carbons (Fsp3) is 0.706. The van der Waals surface area contributed by atoms with Crippen molar-refractivity contribution in [2.24, 2.45) is 0 Å². The van der Waals surface area contributed by atoms with Gasteiger partial charge in [0.05, 0.1) is 0 Å². The van der Waals surface area contributed by atoms with Gasteiger partial charge in [-0.15, -0.1) is 11.3 Å². The average molecular weight is 354 g/mol. The second-order valence-electron chi connectivity index (χ2n) is 6.50. The Labute approximate surface area is 147 Å². The Hall–Kier alpha value is -0.720. The normalized spacial score (nSPS) is 22.0. The number of urea groups is 1. The third kappa shape index (κ3) is 4.88. The first-order valence-electron chi connectivity index (χ1n) is 8.62. The van der Waals surface area contributed by atoms with Crippen molar-refractivity contribution in [3.05, 3.63) is 22.4 Å². The van der Waals surface area contributed by atoms with Crippen molar-refractivity contribution in [1.29, 1.82) is 0 Å². The monoisotopic (exact) mass is 353 g/mol. The van der Waals surface area contributed by atoms with Gasteiger partial charge in [0.25, 0.3) is 0 Å². The number of thioether (sulfide) groups is 1. The summed E-state index contributed by atoms with van der Waals surface area (Å²) >= 11 is 3.82. The first-order chi connectivity index (χ1) is 11.2. The number of nitrogens with zero attached hydrogens (tertiary/aromatic N) is 2. The van der Waals surface area contributed by atoms with Crippen LogP contribution in [0.1, 0.15) is 24.6 Å². The smallest absolute Gasteiger partial charge is 0.317 e. The molecule has 2 aliphatic heterocycles. The van der Waals surface area contributed by atoms with Crippen LogP contribution in [-0.4, -0.2) is 65.6 Å². The van der Waals surface area contributed by atoms with Crippen LogP contribution in [-0.2, 0) is 6.42 Å². The summed E-state index contributed by atoms with van der Waals surface area (Å²) in [5, 5.41) is 5.25. The second-order valence-corrected chi connectivity index (χ2v) is 8.76. The van der Waals surface area contributed by atoms with Crippen LogP contribution in [0, 0.1) is 0 Å². The van der Waals surface area contributed by atoms with E-state index in [-0.39, 0.29) is 12.1 Å². The molecule has 1 aromatic rings. The molecule has 6 heteroatoms. The standard InChI is InChI=1S/C17H27N3OS2/c1-14(13-16-3-2-10-23-16)18-17(21)20-6-4-15(5-7-20)19-8-11-22-12-9-19/h2-3,10,14-15H,4-9,11-13H2,1H3,(H,18,21)/t14-/m0/s1. The van der Waals surface area contributed by atoms with Crippen LogP contribution in [0.15, 0.2) is 17.5 Å². The Morgan fingerprint density at radius 2 is 2.04 bits per heavy atom. The highest BCUT2D eigenvalue weighted by Gasteiger charge is 2.28. The van der Waals surface area contributed by atoms with Gasteiger partial charge >= 0.3 is 6.03 Å². The average Bonchev–Trinajstić information content (AvgIpc) is 3.08. The quantitative estimate of drug-likeness (QED) is 0.904. The highest BCUT2D eigenvalue weighted by Crippen LogP contribution is 2.20. The van der Waals surface area contributed by atoms with Crippen LogP contribution < -0.4 is 5.32 Å². The second kappa shape index (κ2) is 8.40. The molecule has 4 nitrogen and oxygen atoms in total. The van der Waals surface area contributed by atoms with E-state index in [1.54, 1.807) is 11.3 Å². The zero-order chi connectivity index (χ0) is 16.1. The van der Waals surface area contributed by atoms with Crippen LogP contribution in [0.3, 0.4) is 0 Å². The molecule has 3 heterocycles. The fourth-order valence-corrected chi connectivity index (χ4v) is 5.23. The van der Waals surface area contributed by atoms with Crippen LogP contribution in [0.25, 0.3) is 0 Å². The SMILES string of the molecule is C[C@@H](Cc1cccs1)NC(=O)N1CCC(N2CCSCC2)CC1. The maximum atomic E-state index is 12.4. The van der Waals surface area contributed by atoms with E-state index in [9.17, 15) is 4.79 Å². The van der Waals surface area contributed by atoms with Crippen molar-refractivity contribution in [1.82, 2.24) is 15.1 Å². The summed E-state index contributed by atoms with van der Waals surface area (Å²) in [7, 11) is 0. The first-order valence-corrected chi connectivity index (χ1v) is 10.7. The van der Waals surface area contributed by atoms with Gasteiger partial charge in [-0.25, -0.2) is 4.79 Å². The molecule has 0 unspecified atom stereocenters. The lowest BCUT2D eigenvalue weighted by Gasteiger charge is -2.40. The Morgan fingerprint density at radius 3 is 2.70 bits per heavy atom. The van der Waals surface area contributed by atoms with Gasteiger partial charge in [0.2, 0.25) is 0 Å². The van der Waals surface area contributed by atoms with E-state index >= 15 is 0 Å². The van der Waals surface area contributed by atoms with E-state index in [0.29, 0.717) is 6.04 Å². The molecule has 0 bridgehead atoms. The van der Waals surface area contributed by atoms with Crippen molar-refractivity contribution >= 4 is 29.1 Å². The van der Waals surface area contributed by atoms with Gasteiger partial charge in [-0.1, -0.05) is 6.07 Å². The third-order valence-corrected chi connectivity index (χ3v) is 6.61. The van der Waals surface area contributed by atoms with Crippen LogP contribution in [0.4, 0.5) is 4.79 Å². The molecule has 23 heavy (non-hydrogen) atoms. The molecule has 0 spiro atoms. The summed E-state index contributed by atoms with van der Waals surface area (Å²) in [5.74, 6) is 2.53. The van der Waals surface area contributed by atoms with Crippen molar-refractivity contribution < 1.29 is 4.79 Å². The molecule has 2 fully saturated rings. The zero-order valence-electron chi connectivity index (χ0n) is 13.9. The summed E-state index contributed by atoms with van der Waals surface area (Å²) in [5.41, 5.74) is 0. The van der Waals surface area contributed by atoms with Crippen molar-refractivity contribution in [2.75, 3.05) is 37.7 Å².